The molecule has 0 amide bonds. The summed E-state index contributed by atoms with van der Waals surface area (Å²) in [5, 5.41) is 16.5. The van der Waals surface area contributed by atoms with E-state index < -0.39 is 0 Å². The van der Waals surface area contributed by atoms with Gasteiger partial charge in [0.15, 0.2) is 0 Å². The summed E-state index contributed by atoms with van der Waals surface area (Å²) in [6.07, 6.45) is 1.64. The van der Waals surface area contributed by atoms with Crippen LogP contribution in [-0.4, -0.2) is 4.98 Å². The summed E-state index contributed by atoms with van der Waals surface area (Å²) in [5.74, 6) is 0. The highest BCUT2D eigenvalue weighted by molar-refractivity contribution is 7.08. The number of hydrogen-bond donors (Lipinski definition) is 1. The van der Waals surface area contributed by atoms with Crippen molar-refractivity contribution >= 4 is 11.3 Å². The molecule has 2 aromatic heterocycles. The fourth-order valence-electron chi connectivity index (χ4n) is 1.58. The summed E-state index contributed by atoms with van der Waals surface area (Å²) in [7, 11) is 0. The van der Waals surface area contributed by atoms with E-state index in [2.05, 4.69) is 34.1 Å². The molecule has 0 unspecified atom stereocenters. The van der Waals surface area contributed by atoms with Crippen LogP contribution in [0.15, 0.2) is 29.1 Å². The molecule has 2 rings (SSSR count). The third-order valence-corrected chi connectivity index (χ3v) is 3.50. The number of aromatic nitrogens is 1. The molecule has 2 heterocycles. The Kier molecular flexibility index (Phi) is 3.86. The molecule has 4 heteroatoms. The molecule has 0 atom stereocenters. The predicted molar refractivity (Wildman–Crippen MR) is 68.6 cm³/mol. The Morgan fingerprint density at radius 1 is 1.35 bits per heavy atom. The maximum absolute atomic E-state index is 8.91. The third-order valence-electron chi connectivity index (χ3n) is 2.59. The second-order valence-corrected chi connectivity index (χ2v) is 4.55. The minimum absolute atomic E-state index is 0.502. The van der Waals surface area contributed by atoms with Crippen LogP contribution in [0, 0.1) is 18.3 Å². The lowest BCUT2D eigenvalue weighted by atomic mass is 10.2. The maximum atomic E-state index is 8.91. The molecule has 2 aromatic rings. The molecule has 0 spiro atoms. The van der Waals surface area contributed by atoms with Gasteiger partial charge >= 0.3 is 0 Å². The van der Waals surface area contributed by atoms with Gasteiger partial charge in [-0.1, -0.05) is 6.07 Å². The van der Waals surface area contributed by atoms with Crippen molar-refractivity contribution in [1.29, 1.82) is 5.26 Å². The van der Waals surface area contributed by atoms with Gasteiger partial charge in [-0.05, 0) is 34.9 Å². The molecule has 17 heavy (non-hydrogen) atoms. The maximum Gasteiger partial charge on any atom is 0.144 e. The van der Waals surface area contributed by atoms with Crippen LogP contribution in [0.4, 0.5) is 0 Å². The van der Waals surface area contributed by atoms with E-state index in [1.165, 1.54) is 11.1 Å². The van der Waals surface area contributed by atoms with Crippen molar-refractivity contribution in [2.75, 3.05) is 0 Å². The topological polar surface area (TPSA) is 48.7 Å². The van der Waals surface area contributed by atoms with E-state index in [-0.39, 0.29) is 0 Å². The molecule has 0 saturated heterocycles. The Morgan fingerprint density at radius 2 is 2.18 bits per heavy atom. The quantitative estimate of drug-likeness (QED) is 0.898. The molecule has 0 aromatic carbocycles. The first-order valence-electron chi connectivity index (χ1n) is 5.37. The average molecular weight is 243 g/mol. The van der Waals surface area contributed by atoms with E-state index in [0.717, 1.165) is 12.1 Å². The smallest absolute Gasteiger partial charge is 0.144 e. The van der Waals surface area contributed by atoms with Crippen molar-refractivity contribution in [2.24, 2.45) is 0 Å². The second-order valence-electron chi connectivity index (χ2n) is 3.81. The Morgan fingerprint density at radius 3 is 2.88 bits per heavy atom. The predicted octanol–water partition coefficient (Wildman–Crippen LogP) is 2.61. The van der Waals surface area contributed by atoms with Crippen LogP contribution >= 0.6 is 11.3 Å². The van der Waals surface area contributed by atoms with Gasteiger partial charge in [-0.25, -0.2) is 4.98 Å². The van der Waals surface area contributed by atoms with E-state index in [1.54, 1.807) is 17.5 Å². The molecule has 0 aliphatic carbocycles. The minimum atomic E-state index is 0.502. The Balaban J connectivity index is 1.95. The van der Waals surface area contributed by atoms with E-state index >= 15 is 0 Å². The average Bonchev–Trinajstić information content (AvgIpc) is 2.76. The van der Waals surface area contributed by atoms with E-state index in [9.17, 15) is 0 Å². The van der Waals surface area contributed by atoms with Crippen molar-refractivity contribution in [3.8, 4) is 6.07 Å². The van der Waals surface area contributed by atoms with Gasteiger partial charge in [0.05, 0.1) is 0 Å². The Hall–Kier alpha value is -1.70. The van der Waals surface area contributed by atoms with Gasteiger partial charge in [0.25, 0.3) is 0 Å². The molecule has 86 valence electrons. The molecular weight excluding hydrogens is 230 g/mol. The van der Waals surface area contributed by atoms with Crippen LogP contribution in [0.3, 0.4) is 0 Å². The second kappa shape index (κ2) is 5.58. The van der Waals surface area contributed by atoms with Crippen molar-refractivity contribution in [1.82, 2.24) is 10.3 Å². The fourth-order valence-corrected chi connectivity index (χ4v) is 2.44. The zero-order chi connectivity index (χ0) is 12.1. The number of nitrogens with one attached hydrogen (secondary N) is 1. The van der Waals surface area contributed by atoms with Gasteiger partial charge < -0.3 is 5.32 Å². The molecule has 0 saturated carbocycles. The standard InChI is InChI=1S/C13H13N3S/c1-10-8-17-9-12(10)7-15-6-11-3-2-4-16-13(11)5-14/h2-4,8-9,15H,6-7H2,1H3. The van der Waals surface area contributed by atoms with Gasteiger partial charge in [0.1, 0.15) is 11.8 Å². The summed E-state index contributed by atoms with van der Waals surface area (Å²) in [5.41, 5.74) is 4.08. The van der Waals surface area contributed by atoms with E-state index in [4.69, 9.17) is 5.26 Å². The molecular formula is C13H13N3S. The summed E-state index contributed by atoms with van der Waals surface area (Å²) in [6, 6.07) is 5.89. The highest BCUT2D eigenvalue weighted by Gasteiger charge is 2.02. The minimum Gasteiger partial charge on any atom is -0.308 e. The fraction of sp³-hybridized carbons (Fsp3) is 0.231. The Bertz CT molecular complexity index is 540. The highest BCUT2D eigenvalue weighted by atomic mass is 32.1. The molecule has 0 radical (unpaired) electrons. The van der Waals surface area contributed by atoms with Gasteiger partial charge in [-0.3, -0.25) is 0 Å². The first-order chi connectivity index (χ1) is 8.31. The zero-order valence-corrected chi connectivity index (χ0v) is 10.4. The number of thiophene rings is 1. The molecule has 0 aliphatic rings. The first-order valence-corrected chi connectivity index (χ1v) is 6.32. The largest absolute Gasteiger partial charge is 0.308 e. The lowest BCUT2D eigenvalue weighted by molar-refractivity contribution is 0.689. The number of hydrogen-bond acceptors (Lipinski definition) is 4. The Labute approximate surface area is 105 Å². The van der Waals surface area contributed by atoms with Crippen LogP contribution in [0.5, 0.6) is 0 Å². The summed E-state index contributed by atoms with van der Waals surface area (Å²) in [4.78, 5) is 4.03. The van der Waals surface area contributed by atoms with E-state index in [1.807, 2.05) is 12.1 Å². The van der Waals surface area contributed by atoms with Crippen LogP contribution in [0.1, 0.15) is 22.4 Å². The monoisotopic (exact) mass is 243 g/mol. The lowest BCUT2D eigenvalue weighted by Gasteiger charge is -2.05. The van der Waals surface area contributed by atoms with Crippen molar-refractivity contribution in [2.45, 2.75) is 20.0 Å². The van der Waals surface area contributed by atoms with Gasteiger partial charge in [-0.15, -0.1) is 0 Å². The number of aryl methyl sites for hydroxylation is 1. The SMILES string of the molecule is Cc1cscc1CNCc1cccnc1C#N. The van der Waals surface area contributed by atoms with E-state index in [0.29, 0.717) is 12.2 Å². The molecule has 0 bridgehead atoms. The number of rotatable bonds is 4. The summed E-state index contributed by atoms with van der Waals surface area (Å²) < 4.78 is 0. The van der Waals surface area contributed by atoms with Gasteiger partial charge in [-0.2, -0.15) is 16.6 Å². The van der Waals surface area contributed by atoms with Crippen LogP contribution in [0.25, 0.3) is 0 Å². The lowest BCUT2D eigenvalue weighted by Crippen LogP contribution is -2.14. The van der Waals surface area contributed by atoms with Crippen molar-refractivity contribution in [3.63, 3.8) is 0 Å². The molecule has 0 fully saturated rings. The summed E-state index contributed by atoms with van der Waals surface area (Å²) >= 11 is 1.72. The number of nitriles is 1. The molecule has 1 N–H and O–H groups in total. The summed E-state index contributed by atoms with van der Waals surface area (Å²) in [6.45, 7) is 3.61. The van der Waals surface area contributed by atoms with Gasteiger partial charge in [0.2, 0.25) is 0 Å². The molecule has 0 aliphatic heterocycles. The number of pyridine rings is 1. The zero-order valence-electron chi connectivity index (χ0n) is 9.60. The first kappa shape index (κ1) is 11.8. The van der Waals surface area contributed by atoms with Crippen LogP contribution < -0.4 is 5.32 Å². The third kappa shape index (κ3) is 2.90. The van der Waals surface area contributed by atoms with Crippen molar-refractivity contribution < 1.29 is 0 Å². The van der Waals surface area contributed by atoms with Crippen LogP contribution in [0.2, 0.25) is 0 Å². The number of nitrogens with zero attached hydrogens (tertiary/aromatic N) is 2. The normalized spacial score (nSPS) is 10.1. The molecule has 3 nitrogen and oxygen atoms in total. The van der Waals surface area contributed by atoms with Crippen molar-refractivity contribution in [3.05, 3.63) is 51.5 Å². The highest BCUT2D eigenvalue weighted by Crippen LogP contribution is 2.13. The van der Waals surface area contributed by atoms with Gasteiger partial charge in [0, 0.05) is 24.8 Å². The van der Waals surface area contributed by atoms with Crippen LogP contribution in [-0.2, 0) is 13.1 Å².